The highest BCUT2D eigenvalue weighted by molar-refractivity contribution is 7.97. The molecule has 0 amide bonds. The Balaban J connectivity index is 2.08. The van der Waals surface area contributed by atoms with Crippen LogP contribution in [0.15, 0.2) is 72.1 Å². The van der Waals surface area contributed by atoms with Gasteiger partial charge < -0.3 is 4.31 Å². The zero-order chi connectivity index (χ0) is 13.1. The van der Waals surface area contributed by atoms with Crippen LogP contribution < -0.4 is 0 Å². The van der Waals surface area contributed by atoms with Crippen LogP contribution in [0.2, 0.25) is 0 Å². The van der Waals surface area contributed by atoms with Crippen molar-refractivity contribution < 1.29 is 0 Å². The van der Waals surface area contributed by atoms with Crippen molar-refractivity contribution in [3.63, 3.8) is 0 Å². The van der Waals surface area contributed by atoms with E-state index in [0.29, 0.717) is 0 Å². The molecule has 0 saturated carbocycles. The summed E-state index contributed by atoms with van der Waals surface area (Å²) in [5.41, 5.74) is 3.77. The van der Waals surface area contributed by atoms with Crippen LogP contribution in [0.4, 0.5) is 0 Å². The average molecular weight is 265 g/mol. The van der Waals surface area contributed by atoms with Gasteiger partial charge in [-0.25, -0.2) is 0 Å². The second-order valence-corrected chi connectivity index (χ2v) is 5.44. The SMILES string of the molecule is C=CCN1Sc2ccccc2C=C1c1ccccc1. The van der Waals surface area contributed by atoms with Gasteiger partial charge in [0.2, 0.25) is 0 Å². The van der Waals surface area contributed by atoms with Gasteiger partial charge in [-0.05, 0) is 35.2 Å². The van der Waals surface area contributed by atoms with E-state index in [9.17, 15) is 0 Å². The van der Waals surface area contributed by atoms with Crippen molar-refractivity contribution in [2.45, 2.75) is 4.90 Å². The van der Waals surface area contributed by atoms with E-state index in [1.54, 1.807) is 11.9 Å². The minimum atomic E-state index is 0.833. The van der Waals surface area contributed by atoms with Gasteiger partial charge in [0.15, 0.2) is 0 Å². The topological polar surface area (TPSA) is 3.24 Å². The van der Waals surface area contributed by atoms with Crippen molar-refractivity contribution in [1.82, 2.24) is 4.31 Å². The summed E-state index contributed by atoms with van der Waals surface area (Å²) in [7, 11) is 0. The van der Waals surface area contributed by atoms with Crippen molar-refractivity contribution in [2.75, 3.05) is 6.54 Å². The Labute approximate surface area is 118 Å². The van der Waals surface area contributed by atoms with E-state index >= 15 is 0 Å². The van der Waals surface area contributed by atoms with Crippen LogP contribution in [0, 0.1) is 0 Å². The summed E-state index contributed by atoms with van der Waals surface area (Å²) in [4.78, 5) is 1.30. The van der Waals surface area contributed by atoms with Crippen LogP contribution in [0.1, 0.15) is 11.1 Å². The summed E-state index contributed by atoms with van der Waals surface area (Å²) in [6.07, 6.45) is 4.20. The maximum atomic E-state index is 3.86. The number of hydrogen-bond donors (Lipinski definition) is 0. The number of benzene rings is 2. The molecule has 94 valence electrons. The molecule has 0 spiro atoms. The average Bonchev–Trinajstić information content (AvgIpc) is 2.48. The van der Waals surface area contributed by atoms with Gasteiger partial charge in [0.1, 0.15) is 0 Å². The lowest BCUT2D eigenvalue weighted by molar-refractivity contribution is 0.725. The molecule has 1 nitrogen and oxygen atoms in total. The van der Waals surface area contributed by atoms with E-state index in [2.05, 4.69) is 65.5 Å². The van der Waals surface area contributed by atoms with E-state index < -0.39 is 0 Å². The molecule has 2 aromatic carbocycles. The number of fused-ring (bicyclic) bond motifs is 1. The van der Waals surface area contributed by atoms with E-state index in [4.69, 9.17) is 0 Å². The predicted molar refractivity (Wildman–Crippen MR) is 83.5 cm³/mol. The highest BCUT2D eigenvalue weighted by atomic mass is 32.2. The van der Waals surface area contributed by atoms with E-state index in [0.717, 1.165) is 6.54 Å². The molecule has 3 rings (SSSR count). The molecule has 0 saturated heterocycles. The maximum Gasteiger partial charge on any atom is 0.0555 e. The fourth-order valence-corrected chi connectivity index (χ4v) is 3.20. The molecule has 2 aromatic rings. The molecule has 0 aliphatic carbocycles. The first-order chi connectivity index (χ1) is 9.38. The van der Waals surface area contributed by atoms with Crippen molar-refractivity contribution in [1.29, 1.82) is 0 Å². The van der Waals surface area contributed by atoms with Crippen molar-refractivity contribution in [3.05, 3.63) is 78.4 Å². The standard InChI is InChI=1S/C17H15NS/c1-2-12-18-16(14-8-4-3-5-9-14)13-15-10-6-7-11-17(15)19-18/h2-11,13H,1,12H2. The molecule has 0 unspecified atom stereocenters. The lowest BCUT2D eigenvalue weighted by Crippen LogP contribution is -2.16. The monoisotopic (exact) mass is 265 g/mol. The summed E-state index contributed by atoms with van der Waals surface area (Å²) >= 11 is 1.78. The molecular weight excluding hydrogens is 250 g/mol. The summed E-state index contributed by atoms with van der Waals surface area (Å²) in [5, 5.41) is 0. The molecule has 2 heteroatoms. The Morgan fingerprint density at radius 3 is 2.53 bits per heavy atom. The maximum absolute atomic E-state index is 3.86. The third-order valence-corrected chi connectivity index (χ3v) is 4.19. The third kappa shape index (κ3) is 2.45. The molecule has 19 heavy (non-hydrogen) atoms. The zero-order valence-electron chi connectivity index (χ0n) is 10.6. The quantitative estimate of drug-likeness (QED) is 0.585. The minimum absolute atomic E-state index is 0.833. The summed E-state index contributed by atoms with van der Waals surface area (Å²) in [5.74, 6) is 0. The molecule has 1 heterocycles. The van der Waals surface area contributed by atoms with Crippen molar-refractivity contribution in [3.8, 4) is 0 Å². The van der Waals surface area contributed by atoms with Gasteiger partial charge in [0.05, 0.1) is 5.70 Å². The van der Waals surface area contributed by atoms with Crippen LogP contribution >= 0.6 is 11.9 Å². The second-order valence-electron chi connectivity index (χ2n) is 4.37. The largest absolute Gasteiger partial charge is 0.308 e. The molecule has 0 aromatic heterocycles. The van der Waals surface area contributed by atoms with Gasteiger partial charge in [-0.15, -0.1) is 6.58 Å². The summed E-state index contributed by atoms with van der Waals surface area (Å²) < 4.78 is 2.28. The van der Waals surface area contributed by atoms with Gasteiger partial charge in [0.25, 0.3) is 0 Å². The van der Waals surface area contributed by atoms with Gasteiger partial charge in [-0.3, -0.25) is 0 Å². The Morgan fingerprint density at radius 1 is 1.00 bits per heavy atom. The Morgan fingerprint density at radius 2 is 1.74 bits per heavy atom. The first-order valence-electron chi connectivity index (χ1n) is 6.31. The number of hydrogen-bond acceptors (Lipinski definition) is 2. The fraction of sp³-hybridized carbons (Fsp3) is 0.0588. The highest BCUT2D eigenvalue weighted by Gasteiger charge is 2.18. The van der Waals surface area contributed by atoms with Crippen molar-refractivity contribution in [2.24, 2.45) is 0 Å². The molecule has 0 atom stereocenters. The number of nitrogens with zero attached hydrogens (tertiary/aromatic N) is 1. The Kier molecular flexibility index (Phi) is 3.43. The second kappa shape index (κ2) is 5.37. The summed E-state index contributed by atoms with van der Waals surface area (Å²) in [6.45, 7) is 4.69. The van der Waals surface area contributed by atoms with E-state index in [1.165, 1.54) is 21.7 Å². The normalized spacial score (nSPS) is 13.7. The van der Waals surface area contributed by atoms with Crippen LogP contribution in [-0.4, -0.2) is 10.8 Å². The summed E-state index contributed by atoms with van der Waals surface area (Å²) in [6, 6.07) is 19.0. The minimum Gasteiger partial charge on any atom is -0.308 e. The van der Waals surface area contributed by atoms with Gasteiger partial charge in [-0.1, -0.05) is 54.6 Å². The lowest BCUT2D eigenvalue weighted by atomic mass is 10.1. The van der Waals surface area contributed by atoms with E-state index in [1.807, 2.05) is 12.1 Å². The van der Waals surface area contributed by atoms with Crippen LogP contribution in [0.25, 0.3) is 11.8 Å². The molecule has 0 bridgehead atoms. The highest BCUT2D eigenvalue weighted by Crippen LogP contribution is 2.39. The molecule has 0 fully saturated rings. The fourth-order valence-electron chi connectivity index (χ4n) is 2.16. The Hall–Kier alpha value is -1.93. The van der Waals surface area contributed by atoms with E-state index in [-0.39, 0.29) is 0 Å². The lowest BCUT2D eigenvalue weighted by Gasteiger charge is -2.29. The van der Waals surface area contributed by atoms with Crippen LogP contribution in [0.3, 0.4) is 0 Å². The van der Waals surface area contributed by atoms with Crippen molar-refractivity contribution >= 4 is 23.7 Å². The Bertz CT molecular complexity index is 616. The first-order valence-corrected chi connectivity index (χ1v) is 7.08. The van der Waals surface area contributed by atoms with Crippen LogP contribution in [-0.2, 0) is 0 Å². The first kappa shape index (κ1) is 12.1. The molecule has 0 N–H and O–H groups in total. The van der Waals surface area contributed by atoms with Gasteiger partial charge in [0, 0.05) is 11.4 Å². The van der Waals surface area contributed by atoms with Crippen LogP contribution in [0.5, 0.6) is 0 Å². The van der Waals surface area contributed by atoms with Gasteiger partial charge >= 0.3 is 0 Å². The van der Waals surface area contributed by atoms with Gasteiger partial charge in [-0.2, -0.15) is 0 Å². The molecular formula is C17H15NS. The molecule has 1 aliphatic rings. The number of rotatable bonds is 3. The zero-order valence-corrected chi connectivity index (χ0v) is 11.4. The molecule has 0 radical (unpaired) electrons. The molecule has 1 aliphatic heterocycles. The third-order valence-electron chi connectivity index (χ3n) is 3.05. The smallest absolute Gasteiger partial charge is 0.0555 e. The predicted octanol–water partition coefficient (Wildman–Crippen LogP) is 4.69.